The Morgan fingerprint density at radius 3 is 2.48 bits per heavy atom. The molecule has 2 aromatic heterocycles. The van der Waals surface area contributed by atoms with Gasteiger partial charge in [0.15, 0.2) is 0 Å². The zero-order chi connectivity index (χ0) is 15.0. The standard InChI is InChI=1S/C15H12F3N3/c16-15(17,18)11-3-1-10(2-4-11)7-13-9-21-6-5-12(19)8-14(21)20-13/h1-6,8-9H,7,19H2. The number of benzene rings is 1. The molecule has 0 radical (unpaired) electrons. The van der Waals surface area contributed by atoms with Crippen molar-refractivity contribution in [2.75, 3.05) is 5.73 Å². The topological polar surface area (TPSA) is 43.3 Å². The average Bonchev–Trinajstić information content (AvgIpc) is 2.79. The summed E-state index contributed by atoms with van der Waals surface area (Å²) in [6.45, 7) is 0. The second-order valence-electron chi connectivity index (χ2n) is 4.83. The molecule has 2 heterocycles. The fraction of sp³-hybridized carbons (Fsp3) is 0.133. The van der Waals surface area contributed by atoms with Gasteiger partial charge in [0.05, 0.1) is 11.3 Å². The smallest absolute Gasteiger partial charge is 0.399 e. The van der Waals surface area contributed by atoms with Crippen LogP contribution in [0.1, 0.15) is 16.8 Å². The van der Waals surface area contributed by atoms with Gasteiger partial charge >= 0.3 is 6.18 Å². The van der Waals surface area contributed by atoms with Crippen LogP contribution in [-0.2, 0) is 12.6 Å². The zero-order valence-corrected chi connectivity index (χ0v) is 10.9. The molecule has 3 aromatic rings. The molecule has 1 aromatic carbocycles. The molecule has 0 unspecified atom stereocenters. The summed E-state index contributed by atoms with van der Waals surface area (Å²) in [7, 11) is 0. The second-order valence-corrected chi connectivity index (χ2v) is 4.83. The molecule has 0 saturated carbocycles. The van der Waals surface area contributed by atoms with Crippen LogP contribution in [0, 0.1) is 0 Å². The highest BCUT2D eigenvalue weighted by Gasteiger charge is 2.29. The van der Waals surface area contributed by atoms with Crippen molar-refractivity contribution < 1.29 is 13.2 Å². The van der Waals surface area contributed by atoms with Crippen molar-refractivity contribution in [1.29, 1.82) is 0 Å². The van der Waals surface area contributed by atoms with Gasteiger partial charge in [0, 0.05) is 30.6 Å². The molecule has 0 bridgehead atoms. The van der Waals surface area contributed by atoms with E-state index in [9.17, 15) is 13.2 Å². The van der Waals surface area contributed by atoms with Gasteiger partial charge in [-0.05, 0) is 23.8 Å². The molecule has 0 fully saturated rings. The Morgan fingerprint density at radius 2 is 1.81 bits per heavy atom. The van der Waals surface area contributed by atoms with E-state index < -0.39 is 11.7 Å². The van der Waals surface area contributed by atoms with Gasteiger partial charge in [0.1, 0.15) is 5.65 Å². The van der Waals surface area contributed by atoms with Crippen LogP contribution in [0.25, 0.3) is 5.65 Å². The van der Waals surface area contributed by atoms with E-state index in [1.807, 2.05) is 10.6 Å². The van der Waals surface area contributed by atoms with Crippen LogP contribution in [0.5, 0.6) is 0 Å². The van der Waals surface area contributed by atoms with Crippen LogP contribution in [0.15, 0.2) is 48.8 Å². The molecule has 0 spiro atoms. The summed E-state index contributed by atoms with van der Waals surface area (Å²) in [5, 5.41) is 0. The number of alkyl halides is 3. The highest BCUT2D eigenvalue weighted by molar-refractivity contribution is 5.52. The number of pyridine rings is 1. The van der Waals surface area contributed by atoms with Gasteiger partial charge in [-0.2, -0.15) is 13.2 Å². The number of nitrogens with two attached hydrogens (primary N) is 1. The first kappa shape index (κ1) is 13.5. The largest absolute Gasteiger partial charge is 0.416 e. The number of nitrogens with zero attached hydrogens (tertiary/aromatic N) is 2. The Kier molecular flexibility index (Phi) is 3.08. The number of fused-ring (bicyclic) bond motifs is 1. The van der Waals surface area contributed by atoms with Crippen molar-refractivity contribution in [2.45, 2.75) is 12.6 Å². The maximum atomic E-state index is 12.5. The lowest BCUT2D eigenvalue weighted by Gasteiger charge is -2.06. The van der Waals surface area contributed by atoms with Crippen LogP contribution < -0.4 is 5.73 Å². The summed E-state index contributed by atoms with van der Waals surface area (Å²) in [5.74, 6) is 0. The number of imidazole rings is 1. The third-order valence-electron chi connectivity index (χ3n) is 3.20. The molecule has 0 atom stereocenters. The van der Waals surface area contributed by atoms with E-state index in [1.165, 1.54) is 12.1 Å². The Labute approximate surface area is 118 Å². The third kappa shape index (κ3) is 2.84. The van der Waals surface area contributed by atoms with E-state index in [2.05, 4.69) is 4.98 Å². The van der Waals surface area contributed by atoms with Crippen LogP contribution in [0.4, 0.5) is 18.9 Å². The lowest BCUT2D eigenvalue weighted by atomic mass is 10.1. The predicted octanol–water partition coefficient (Wildman–Crippen LogP) is 3.53. The molecule has 0 amide bonds. The predicted molar refractivity (Wildman–Crippen MR) is 73.9 cm³/mol. The van der Waals surface area contributed by atoms with E-state index in [1.54, 1.807) is 18.3 Å². The minimum absolute atomic E-state index is 0.472. The number of rotatable bonds is 2. The Morgan fingerprint density at radius 1 is 1.10 bits per heavy atom. The van der Waals surface area contributed by atoms with Crippen LogP contribution in [-0.4, -0.2) is 9.38 Å². The van der Waals surface area contributed by atoms with E-state index in [0.717, 1.165) is 29.0 Å². The average molecular weight is 291 g/mol. The highest BCUT2D eigenvalue weighted by atomic mass is 19.4. The minimum atomic E-state index is -4.31. The van der Waals surface area contributed by atoms with Crippen molar-refractivity contribution in [3.05, 3.63) is 65.6 Å². The molecule has 3 nitrogen and oxygen atoms in total. The number of anilines is 1. The first-order chi connectivity index (χ1) is 9.91. The van der Waals surface area contributed by atoms with E-state index in [4.69, 9.17) is 5.73 Å². The van der Waals surface area contributed by atoms with E-state index in [0.29, 0.717) is 12.1 Å². The molecule has 6 heteroatoms. The number of halogens is 3. The fourth-order valence-electron chi connectivity index (χ4n) is 2.16. The molecule has 108 valence electrons. The maximum absolute atomic E-state index is 12.5. The molecule has 0 aliphatic carbocycles. The van der Waals surface area contributed by atoms with Crippen LogP contribution in [0.3, 0.4) is 0 Å². The van der Waals surface area contributed by atoms with Gasteiger partial charge in [0.2, 0.25) is 0 Å². The number of hydrogen-bond donors (Lipinski definition) is 1. The summed E-state index contributed by atoms with van der Waals surface area (Å²) in [5.41, 5.74) is 7.93. The van der Waals surface area contributed by atoms with Crippen molar-refractivity contribution in [3.8, 4) is 0 Å². The monoisotopic (exact) mass is 291 g/mol. The van der Waals surface area contributed by atoms with Gasteiger partial charge in [-0.1, -0.05) is 12.1 Å². The molecule has 3 rings (SSSR count). The molecule has 2 N–H and O–H groups in total. The van der Waals surface area contributed by atoms with E-state index in [-0.39, 0.29) is 0 Å². The molecular weight excluding hydrogens is 279 g/mol. The van der Waals surface area contributed by atoms with Crippen LogP contribution >= 0.6 is 0 Å². The summed E-state index contributed by atoms with van der Waals surface area (Å²) in [6, 6.07) is 8.63. The van der Waals surface area contributed by atoms with Crippen molar-refractivity contribution >= 4 is 11.3 Å². The van der Waals surface area contributed by atoms with Crippen LogP contribution in [0.2, 0.25) is 0 Å². The fourth-order valence-corrected chi connectivity index (χ4v) is 2.16. The molecule has 0 aliphatic heterocycles. The highest BCUT2D eigenvalue weighted by Crippen LogP contribution is 2.29. The van der Waals surface area contributed by atoms with E-state index >= 15 is 0 Å². The van der Waals surface area contributed by atoms with Gasteiger partial charge in [0.25, 0.3) is 0 Å². The molecule has 0 saturated heterocycles. The first-order valence-corrected chi connectivity index (χ1v) is 6.31. The molecule has 0 aliphatic rings. The Bertz CT molecular complexity index is 773. The summed E-state index contributed by atoms with van der Waals surface area (Å²) < 4.78 is 39.3. The van der Waals surface area contributed by atoms with Gasteiger partial charge < -0.3 is 10.1 Å². The summed E-state index contributed by atoms with van der Waals surface area (Å²) >= 11 is 0. The lowest BCUT2D eigenvalue weighted by molar-refractivity contribution is -0.137. The SMILES string of the molecule is Nc1ccn2cc(Cc3ccc(C(F)(F)F)cc3)nc2c1. The van der Waals surface area contributed by atoms with Gasteiger partial charge in [-0.3, -0.25) is 0 Å². The quantitative estimate of drug-likeness (QED) is 0.785. The minimum Gasteiger partial charge on any atom is -0.399 e. The molecular formula is C15H12F3N3. The number of aromatic nitrogens is 2. The molecule has 21 heavy (non-hydrogen) atoms. The van der Waals surface area contributed by atoms with Gasteiger partial charge in [-0.25, -0.2) is 4.98 Å². The number of hydrogen-bond acceptors (Lipinski definition) is 2. The van der Waals surface area contributed by atoms with Crippen molar-refractivity contribution in [1.82, 2.24) is 9.38 Å². The number of nitrogen functional groups attached to an aromatic ring is 1. The zero-order valence-electron chi connectivity index (χ0n) is 10.9. The van der Waals surface area contributed by atoms with Crippen molar-refractivity contribution in [2.24, 2.45) is 0 Å². The second kappa shape index (κ2) is 4.80. The normalized spacial score (nSPS) is 12.0. The third-order valence-corrected chi connectivity index (χ3v) is 3.20. The van der Waals surface area contributed by atoms with Crippen molar-refractivity contribution in [3.63, 3.8) is 0 Å². The van der Waals surface area contributed by atoms with Gasteiger partial charge in [-0.15, -0.1) is 0 Å². The Balaban J connectivity index is 1.84. The summed E-state index contributed by atoms with van der Waals surface area (Å²) in [4.78, 5) is 4.40. The lowest BCUT2D eigenvalue weighted by Crippen LogP contribution is -2.04. The first-order valence-electron chi connectivity index (χ1n) is 6.31. The Hall–Kier alpha value is -2.50. The summed E-state index contributed by atoms with van der Waals surface area (Å²) in [6.07, 6.45) is -0.195. The maximum Gasteiger partial charge on any atom is 0.416 e.